The van der Waals surface area contributed by atoms with Crippen molar-refractivity contribution in [2.75, 3.05) is 0 Å². The van der Waals surface area contributed by atoms with Crippen LogP contribution >= 0.6 is 11.6 Å². The molecule has 1 fully saturated rings. The lowest BCUT2D eigenvalue weighted by atomic mass is 9.70. The summed E-state index contributed by atoms with van der Waals surface area (Å²) < 4.78 is 13.2. The van der Waals surface area contributed by atoms with Crippen LogP contribution in [0.15, 0.2) is 24.3 Å². The van der Waals surface area contributed by atoms with Gasteiger partial charge in [0.15, 0.2) is 0 Å². The summed E-state index contributed by atoms with van der Waals surface area (Å²) >= 11 is 6.17. The van der Waals surface area contributed by atoms with E-state index >= 15 is 0 Å². The van der Waals surface area contributed by atoms with Gasteiger partial charge in [0.25, 0.3) is 0 Å². The smallest absolute Gasteiger partial charge is 0.124 e. The van der Waals surface area contributed by atoms with Gasteiger partial charge in [-0.05, 0) is 54.0 Å². The Hall–Kier alpha value is -1.48. The maximum absolute atomic E-state index is 13.2. The van der Waals surface area contributed by atoms with Gasteiger partial charge in [-0.2, -0.15) is 10.2 Å². The van der Waals surface area contributed by atoms with Gasteiger partial charge in [-0.1, -0.05) is 32.4 Å². The van der Waals surface area contributed by atoms with E-state index in [1.54, 1.807) is 6.07 Å². The van der Waals surface area contributed by atoms with Gasteiger partial charge in [0, 0.05) is 11.0 Å². The zero-order valence-corrected chi connectivity index (χ0v) is 13.7. The minimum Gasteiger partial charge on any atom is -0.207 e. The van der Waals surface area contributed by atoms with Crippen LogP contribution in [0.2, 0.25) is 5.02 Å². The molecule has 2 aromatic rings. The molecule has 114 valence electrons. The molecule has 0 radical (unpaired) electrons. The van der Waals surface area contributed by atoms with Crippen LogP contribution in [0, 0.1) is 11.2 Å². The van der Waals surface area contributed by atoms with E-state index < -0.39 is 0 Å². The third kappa shape index (κ3) is 1.60. The molecular formula is C18H18ClFN2. The Kier molecular flexibility index (Phi) is 2.75. The maximum Gasteiger partial charge on any atom is 0.124 e. The highest BCUT2D eigenvalue weighted by molar-refractivity contribution is 6.33. The number of nitrogens with zero attached hydrogens (tertiary/aromatic N) is 2. The van der Waals surface area contributed by atoms with Crippen molar-refractivity contribution in [1.29, 1.82) is 0 Å². The monoisotopic (exact) mass is 316 g/mol. The molecule has 22 heavy (non-hydrogen) atoms. The minimum atomic E-state index is -0.337. The van der Waals surface area contributed by atoms with Gasteiger partial charge in [-0.15, -0.1) is 0 Å². The topological polar surface area (TPSA) is 25.8 Å². The van der Waals surface area contributed by atoms with E-state index in [9.17, 15) is 4.39 Å². The fourth-order valence-electron chi connectivity index (χ4n) is 4.40. The molecule has 0 saturated heterocycles. The molecule has 0 spiro atoms. The molecule has 2 aliphatic rings. The van der Waals surface area contributed by atoms with Crippen molar-refractivity contribution in [1.82, 2.24) is 10.2 Å². The van der Waals surface area contributed by atoms with Crippen LogP contribution in [0.4, 0.5) is 4.39 Å². The molecule has 0 amide bonds. The first-order valence-corrected chi connectivity index (χ1v) is 8.06. The van der Waals surface area contributed by atoms with Crippen LogP contribution in [-0.4, -0.2) is 10.2 Å². The summed E-state index contributed by atoms with van der Waals surface area (Å²) in [4.78, 5) is 0. The highest BCUT2D eigenvalue weighted by atomic mass is 35.5. The van der Waals surface area contributed by atoms with Crippen molar-refractivity contribution in [3.8, 4) is 11.3 Å². The predicted molar refractivity (Wildman–Crippen MR) is 85.5 cm³/mol. The molecule has 2 bridgehead atoms. The van der Waals surface area contributed by atoms with Gasteiger partial charge in [-0.3, -0.25) is 0 Å². The summed E-state index contributed by atoms with van der Waals surface area (Å²) in [6.07, 6.45) is 2.36. The minimum absolute atomic E-state index is 0.102. The highest BCUT2D eigenvalue weighted by Crippen LogP contribution is 2.67. The average molecular weight is 317 g/mol. The third-order valence-electron chi connectivity index (χ3n) is 6.15. The Morgan fingerprint density at radius 3 is 2.68 bits per heavy atom. The molecular weight excluding hydrogens is 299 g/mol. The van der Waals surface area contributed by atoms with Crippen molar-refractivity contribution in [2.24, 2.45) is 5.41 Å². The van der Waals surface area contributed by atoms with E-state index in [0.29, 0.717) is 10.9 Å². The Morgan fingerprint density at radius 1 is 1.18 bits per heavy atom. The first kappa shape index (κ1) is 14.1. The number of hydrogen-bond acceptors (Lipinski definition) is 2. The highest BCUT2D eigenvalue weighted by Gasteiger charge is 2.60. The van der Waals surface area contributed by atoms with Gasteiger partial charge < -0.3 is 0 Å². The SMILES string of the molecule is CC12CCC(c3cc(-c4ccc(F)cc4Cl)nnc31)C2(C)C. The fourth-order valence-corrected chi connectivity index (χ4v) is 4.66. The van der Waals surface area contributed by atoms with Gasteiger partial charge in [0.05, 0.1) is 16.4 Å². The van der Waals surface area contributed by atoms with E-state index in [0.717, 1.165) is 17.0 Å². The van der Waals surface area contributed by atoms with E-state index in [1.807, 2.05) is 0 Å². The molecule has 1 aromatic heterocycles. The Balaban J connectivity index is 1.87. The summed E-state index contributed by atoms with van der Waals surface area (Å²) in [6.45, 7) is 6.96. The van der Waals surface area contributed by atoms with E-state index in [2.05, 4.69) is 37.0 Å². The average Bonchev–Trinajstić information content (AvgIpc) is 2.78. The molecule has 0 N–H and O–H groups in total. The van der Waals surface area contributed by atoms with E-state index in [1.165, 1.54) is 30.5 Å². The molecule has 4 heteroatoms. The van der Waals surface area contributed by atoms with Crippen molar-refractivity contribution < 1.29 is 4.39 Å². The molecule has 2 aliphatic carbocycles. The molecule has 1 saturated carbocycles. The van der Waals surface area contributed by atoms with Crippen LogP contribution < -0.4 is 0 Å². The summed E-state index contributed by atoms with van der Waals surface area (Å²) in [5.41, 5.74) is 4.21. The van der Waals surface area contributed by atoms with Crippen LogP contribution in [0.25, 0.3) is 11.3 Å². The molecule has 2 atom stereocenters. The summed E-state index contributed by atoms with van der Waals surface area (Å²) in [5, 5.41) is 9.31. The largest absolute Gasteiger partial charge is 0.207 e. The Bertz CT molecular complexity index is 787. The van der Waals surface area contributed by atoms with Crippen LogP contribution in [0.3, 0.4) is 0 Å². The number of halogens is 2. The third-order valence-corrected chi connectivity index (χ3v) is 6.47. The zero-order valence-electron chi connectivity index (χ0n) is 13.0. The maximum atomic E-state index is 13.2. The lowest BCUT2D eigenvalue weighted by Gasteiger charge is -2.33. The lowest BCUT2D eigenvalue weighted by molar-refractivity contribution is 0.226. The molecule has 2 nitrogen and oxygen atoms in total. The summed E-state index contributed by atoms with van der Waals surface area (Å²) in [7, 11) is 0. The second-order valence-corrected chi connectivity index (χ2v) is 7.71. The summed E-state index contributed by atoms with van der Waals surface area (Å²) in [5.74, 6) is 0.177. The molecule has 2 unspecified atom stereocenters. The van der Waals surface area contributed by atoms with Crippen LogP contribution in [0.5, 0.6) is 0 Å². The number of rotatable bonds is 1. The molecule has 0 aliphatic heterocycles. The fraction of sp³-hybridized carbons (Fsp3) is 0.444. The normalized spacial score (nSPS) is 28.0. The van der Waals surface area contributed by atoms with Crippen LogP contribution in [0.1, 0.15) is 50.8 Å². The predicted octanol–water partition coefficient (Wildman–Crippen LogP) is 5.11. The molecule has 1 aromatic carbocycles. The van der Waals surface area contributed by atoms with Crippen LogP contribution in [-0.2, 0) is 5.41 Å². The number of aromatic nitrogens is 2. The quantitative estimate of drug-likeness (QED) is 0.730. The first-order chi connectivity index (χ1) is 10.3. The van der Waals surface area contributed by atoms with Crippen molar-refractivity contribution in [3.63, 3.8) is 0 Å². The number of benzene rings is 1. The van der Waals surface area contributed by atoms with Gasteiger partial charge in [0.2, 0.25) is 0 Å². The Morgan fingerprint density at radius 2 is 1.95 bits per heavy atom. The zero-order chi connectivity index (χ0) is 15.7. The summed E-state index contributed by atoms with van der Waals surface area (Å²) in [6, 6.07) is 6.52. The second-order valence-electron chi connectivity index (χ2n) is 7.30. The Labute approximate surface area is 134 Å². The van der Waals surface area contributed by atoms with Crippen molar-refractivity contribution in [3.05, 3.63) is 46.4 Å². The standard InChI is InChI=1S/C18H18ClFN2/c1-17(2)13-6-7-18(17,3)16-12(13)9-15(21-22-16)11-5-4-10(20)8-14(11)19/h4-5,8-9,13H,6-7H2,1-3H3. The lowest BCUT2D eigenvalue weighted by Crippen LogP contribution is -2.32. The molecule has 1 heterocycles. The van der Waals surface area contributed by atoms with E-state index in [4.69, 9.17) is 11.6 Å². The number of fused-ring (bicyclic) bond motifs is 5. The van der Waals surface area contributed by atoms with Gasteiger partial charge in [-0.25, -0.2) is 4.39 Å². The second kappa shape index (κ2) is 4.29. The number of hydrogen-bond donors (Lipinski definition) is 0. The van der Waals surface area contributed by atoms with Gasteiger partial charge in [0.1, 0.15) is 5.82 Å². The van der Waals surface area contributed by atoms with Gasteiger partial charge >= 0.3 is 0 Å². The van der Waals surface area contributed by atoms with E-state index in [-0.39, 0.29) is 16.6 Å². The first-order valence-electron chi connectivity index (χ1n) is 7.68. The van der Waals surface area contributed by atoms with Crippen molar-refractivity contribution in [2.45, 2.75) is 44.9 Å². The van der Waals surface area contributed by atoms with Crippen molar-refractivity contribution >= 4 is 11.6 Å². The molecule has 4 rings (SSSR count).